The first kappa shape index (κ1) is 112. The van der Waals surface area contributed by atoms with Gasteiger partial charge in [-0.3, -0.25) is 0 Å². The predicted molar refractivity (Wildman–Crippen MR) is 619 cm³/mol. The third-order valence-electron chi connectivity index (χ3n) is 37.5. The fraction of sp³-hybridized carbons (Fsp3) is 0.452. The zero-order valence-electron chi connectivity index (χ0n) is 91.6. The number of allylic oxidation sites excluding steroid dienone is 8. The van der Waals surface area contributed by atoms with E-state index < -0.39 is 31.6 Å². The Hall–Kier alpha value is -6.67. The molecule has 22 atom stereocenters. The fourth-order valence-corrected chi connectivity index (χ4v) is 43.0. The van der Waals surface area contributed by atoms with Crippen LogP contribution in [0.2, 0.25) is 70.0 Å². The third-order valence-corrected chi connectivity index (χ3v) is 51.8. The molecule has 0 bridgehead atoms. The Morgan fingerprint density at radius 1 is 0.238 bits per heavy atom. The molecule has 8 heteroatoms. The Morgan fingerprint density at radius 2 is 0.476 bits per heavy atom. The molecule has 0 amide bonds. The molecule has 11 aromatic rings. The van der Waals surface area contributed by atoms with Crippen molar-refractivity contribution in [3.05, 3.63) is 417 Å². The van der Waals surface area contributed by atoms with Gasteiger partial charge >= 0.3 is 56.6 Å². The van der Waals surface area contributed by atoms with Gasteiger partial charge in [-0.15, -0.1) is 0 Å². The van der Waals surface area contributed by atoms with E-state index in [1.807, 2.05) is 0 Å². The molecule has 11 aromatic carbocycles. The van der Waals surface area contributed by atoms with Gasteiger partial charge in [-0.1, -0.05) is 499 Å². The number of halogens is 1. The van der Waals surface area contributed by atoms with E-state index in [2.05, 4.69) is 441 Å². The van der Waals surface area contributed by atoms with Crippen LogP contribution in [0.1, 0.15) is 343 Å². The molecule has 6 saturated carbocycles. The van der Waals surface area contributed by atoms with Gasteiger partial charge in [0, 0.05) is 5.54 Å². The first-order valence-corrected chi connectivity index (χ1v) is 69.8. The smallest absolute Gasteiger partial charge is 0.167 e. The van der Waals surface area contributed by atoms with Crippen LogP contribution in [-0.4, -0.2) is 31.6 Å². The second-order valence-corrected chi connectivity index (χ2v) is 70.8. The summed E-state index contributed by atoms with van der Waals surface area (Å²) in [6.45, 7) is 39.9. The van der Waals surface area contributed by atoms with Gasteiger partial charge in [-0.05, 0) is 318 Å². The van der Waals surface area contributed by atoms with Crippen molar-refractivity contribution in [2.24, 2.45) is 53.3 Å². The zero-order chi connectivity index (χ0) is 97.8. The summed E-state index contributed by atoms with van der Waals surface area (Å²) in [4.78, 5) is 0. The van der Waals surface area contributed by atoms with Gasteiger partial charge in [0.1, 0.15) is 0 Å². The average Bonchev–Trinajstić information content (AvgIpc) is 1.63. The molecule has 0 radical (unpaired) electrons. The van der Waals surface area contributed by atoms with Crippen molar-refractivity contribution >= 4 is 65.0 Å². The predicted octanol–water partition coefficient (Wildman–Crippen LogP) is 31.0. The second-order valence-electron chi connectivity index (χ2n) is 48.8. The van der Waals surface area contributed by atoms with Gasteiger partial charge in [-0.25, -0.2) is 0 Å². The molecular formula is C135H171ClLi3Si4+3. The normalized spacial score (nSPS) is 25.1. The zero-order valence-corrected chi connectivity index (χ0v) is 96.4. The fourth-order valence-electron chi connectivity index (χ4n) is 29.8. The maximum atomic E-state index is 6.78. The van der Waals surface area contributed by atoms with Crippen molar-refractivity contribution in [2.45, 2.75) is 330 Å². The van der Waals surface area contributed by atoms with Crippen LogP contribution in [0, 0.1) is 53.3 Å². The Morgan fingerprint density at radius 3 is 0.776 bits per heavy atom. The van der Waals surface area contributed by atoms with Crippen molar-refractivity contribution in [1.29, 1.82) is 0 Å². The van der Waals surface area contributed by atoms with Crippen LogP contribution in [0.15, 0.2) is 334 Å². The monoisotopic (exact) mass is 1960 g/mol. The van der Waals surface area contributed by atoms with E-state index >= 15 is 0 Å². The molecule has 21 rings (SSSR count). The molecule has 734 valence electrons. The van der Waals surface area contributed by atoms with E-state index in [1.54, 1.807) is 70.2 Å². The molecule has 6 fully saturated rings. The summed E-state index contributed by atoms with van der Waals surface area (Å²) in [7, 11) is -6.21. The third kappa shape index (κ3) is 26.9. The molecule has 0 saturated heterocycles. The van der Waals surface area contributed by atoms with E-state index in [1.165, 1.54) is 158 Å². The molecule has 0 spiro atoms. The van der Waals surface area contributed by atoms with E-state index in [0.717, 1.165) is 95.9 Å². The Balaban J connectivity index is 0.000000146. The van der Waals surface area contributed by atoms with Crippen LogP contribution in [0.4, 0.5) is 0 Å². The van der Waals surface area contributed by atoms with Gasteiger partial charge < -0.3 is 0 Å². The molecule has 22 unspecified atom stereocenters. The average molecular weight is 1960 g/mol. The van der Waals surface area contributed by atoms with E-state index in [-0.39, 0.29) is 56.6 Å². The summed E-state index contributed by atoms with van der Waals surface area (Å²) in [5.41, 5.74) is 32.8. The maximum Gasteiger partial charge on any atom is 1.00 e. The number of rotatable bonds is 27. The van der Waals surface area contributed by atoms with Crippen molar-refractivity contribution in [3.8, 4) is 0 Å². The van der Waals surface area contributed by atoms with Crippen molar-refractivity contribution in [1.82, 2.24) is 0 Å². The molecule has 10 aliphatic rings. The van der Waals surface area contributed by atoms with Crippen LogP contribution in [0.25, 0.3) is 22.3 Å². The van der Waals surface area contributed by atoms with Crippen LogP contribution < -0.4 is 56.6 Å². The Kier molecular flexibility index (Phi) is 40.1. The molecule has 0 aromatic heterocycles. The Bertz CT molecular complexity index is 5600. The number of hydrogen-bond acceptors (Lipinski definition) is 0. The molecule has 0 aliphatic heterocycles. The number of benzene rings is 11. The Labute approximate surface area is 913 Å². The van der Waals surface area contributed by atoms with E-state index in [9.17, 15) is 0 Å². The van der Waals surface area contributed by atoms with Gasteiger partial charge in [0.25, 0.3) is 0 Å². The van der Waals surface area contributed by atoms with Crippen LogP contribution in [0.3, 0.4) is 0 Å². The van der Waals surface area contributed by atoms with Crippen LogP contribution in [0.5, 0.6) is 0 Å². The van der Waals surface area contributed by atoms with Gasteiger partial charge in [0.15, 0.2) is 7.38 Å². The van der Waals surface area contributed by atoms with Gasteiger partial charge in [0.2, 0.25) is 0 Å². The number of fused-ring (bicyclic) bond motifs is 7. The molecule has 10 aliphatic carbocycles. The maximum absolute atomic E-state index is 6.78. The van der Waals surface area contributed by atoms with Gasteiger partial charge in [-0.2, -0.15) is 11.1 Å². The van der Waals surface area contributed by atoms with Crippen molar-refractivity contribution < 1.29 is 56.6 Å². The molecule has 0 nitrogen and oxygen atoms in total. The summed E-state index contributed by atoms with van der Waals surface area (Å²) < 4.78 is 0. The standard InChI is InChI=1S/C38H56Si.C38H40Si.C21H26Si.C20H23ClSi.C18H26.3Li/c2*1-27(29-15-7-5-8-16-29)23-31-25-37(35-21-13-11-19-33(31)35)39(3,4)38-26-32(34-20-12-14-22-36(34)38)24-28(2)30-17-9-6-10-18-30;1-16(17-10-6-5-7-11-17)14-18-15-21(22(2,3)4)20-13-9-8-12-19(18)20;1-15(16-9-5-4-6-10-16)13-17-14-20(22(2,3)21)19-12-8-7-11-18(17)19;1-14(15-7-3-2-4-8-15)13-17-12-11-16-9-5-6-10-18(16)17;;;/h5-10,15-18,27-28,31-38H,11-14,19-26H2,1-4H3;5-22,25-28,37-38H,23-24H2,1-4H3;5-13,15-16,21H,14H2,1-4H3;4-12,14-15,20H,13H2,1-3H3;2-4,7-8,14,16-18H,5-6,9-13H2,1H3;;;/q;;;;;3*+1. The van der Waals surface area contributed by atoms with E-state index in [4.69, 9.17) is 11.1 Å². The number of hydrogen-bond donors (Lipinski definition) is 0. The molecule has 0 N–H and O–H groups in total. The topological polar surface area (TPSA) is 0 Å². The van der Waals surface area contributed by atoms with Crippen molar-refractivity contribution in [3.63, 3.8) is 0 Å². The van der Waals surface area contributed by atoms with Crippen LogP contribution in [-0.2, 0) is 0 Å². The quantitative estimate of drug-likeness (QED) is 0.0356. The summed E-state index contributed by atoms with van der Waals surface area (Å²) in [6, 6.07) is 114. The minimum Gasteiger partial charge on any atom is -0.167 e. The summed E-state index contributed by atoms with van der Waals surface area (Å²) >= 11 is 6.78. The SMILES string of the molecule is CC(CC1=CC([Si](C)(C)C)c2ccccc21)c1ccccc1.CC(CC1=CC([Si](C)(C)C2C=C(CC(C)c3ccccc3)c3ccccc32)c2ccccc21)c1ccccc1.CC(CC1=CC([Si](C)(C)Cl)c2ccccc21)c1ccccc1.CC(CC1CC([Si](C)(C)C2CC(CC(C)c3ccccc3)C3CCCCC32)C2CCCCC12)c1ccccc1.CC(CC1CCC2CCCCC21)c1ccccc1.[Li+].[Li+].[Li+]. The largest absolute Gasteiger partial charge is 1.00 e. The molecular weight excluding hydrogens is 1790 g/mol. The summed E-state index contributed by atoms with van der Waals surface area (Å²) in [5.74, 6) is 13.6. The first-order chi connectivity index (χ1) is 67.6. The van der Waals surface area contributed by atoms with E-state index in [0.29, 0.717) is 57.7 Å². The minimum atomic E-state index is -1.84. The minimum absolute atomic E-state index is 0. The summed E-state index contributed by atoms with van der Waals surface area (Å²) in [6.07, 6.45) is 43.5. The molecule has 143 heavy (non-hydrogen) atoms. The molecule has 0 heterocycles. The van der Waals surface area contributed by atoms with Gasteiger partial charge in [0.05, 0.1) is 24.2 Å². The van der Waals surface area contributed by atoms with Crippen LogP contribution >= 0.6 is 11.1 Å². The first-order valence-electron chi connectivity index (χ1n) is 55.9. The summed E-state index contributed by atoms with van der Waals surface area (Å²) in [5, 5.41) is 0. The van der Waals surface area contributed by atoms with Crippen molar-refractivity contribution in [2.75, 3.05) is 0 Å². The second kappa shape index (κ2) is 51.2.